The molecule has 1 atom stereocenters. The van der Waals surface area contributed by atoms with E-state index < -0.39 is 17.5 Å². The molecule has 0 aliphatic heterocycles. The van der Waals surface area contributed by atoms with Gasteiger partial charge in [0.15, 0.2) is 0 Å². The van der Waals surface area contributed by atoms with Crippen molar-refractivity contribution in [3.63, 3.8) is 0 Å². The number of hydrogen-bond donors (Lipinski definition) is 1. The number of esters is 1. The lowest BCUT2D eigenvalue weighted by Gasteiger charge is -2.28. The first-order valence-electron chi connectivity index (χ1n) is 9.47. The molecular formula is C22H28O4. The summed E-state index contributed by atoms with van der Waals surface area (Å²) in [5, 5.41) is 9.61. The fourth-order valence-electron chi connectivity index (χ4n) is 3.05. The third kappa shape index (κ3) is 5.58. The van der Waals surface area contributed by atoms with Crippen molar-refractivity contribution >= 4 is 17.5 Å². The maximum absolute atomic E-state index is 12.1. The second kappa shape index (κ2) is 9.95. The SMILES string of the molecule is CCCCCCCCC(=O)OC1(C(=O)O)C=CC(c2ccccc2)=CC1. The van der Waals surface area contributed by atoms with E-state index in [0.717, 1.165) is 30.4 Å². The van der Waals surface area contributed by atoms with Gasteiger partial charge in [0.2, 0.25) is 5.60 Å². The van der Waals surface area contributed by atoms with Gasteiger partial charge in [-0.15, -0.1) is 0 Å². The van der Waals surface area contributed by atoms with Gasteiger partial charge in [-0.1, -0.05) is 81.5 Å². The van der Waals surface area contributed by atoms with E-state index in [2.05, 4.69) is 6.92 Å². The van der Waals surface area contributed by atoms with Crippen molar-refractivity contribution in [2.75, 3.05) is 0 Å². The molecule has 1 aliphatic carbocycles. The van der Waals surface area contributed by atoms with Gasteiger partial charge in [-0.2, -0.15) is 0 Å². The highest BCUT2D eigenvalue weighted by Gasteiger charge is 2.40. The number of allylic oxidation sites excluding steroid dienone is 2. The molecule has 1 aromatic carbocycles. The molecule has 1 aliphatic rings. The fraction of sp³-hybridized carbons (Fsp3) is 0.455. The van der Waals surface area contributed by atoms with Crippen molar-refractivity contribution in [1.29, 1.82) is 0 Å². The lowest BCUT2D eigenvalue weighted by molar-refractivity contribution is -0.172. The molecule has 0 fully saturated rings. The van der Waals surface area contributed by atoms with Crippen molar-refractivity contribution in [2.45, 2.75) is 63.9 Å². The fourth-order valence-corrected chi connectivity index (χ4v) is 3.05. The van der Waals surface area contributed by atoms with E-state index in [9.17, 15) is 14.7 Å². The van der Waals surface area contributed by atoms with Gasteiger partial charge in [-0.25, -0.2) is 4.79 Å². The van der Waals surface area contributed by atoms with E-state index in [4.69, 9.17) is 4.74 Å². The molecule has 140 valence electrons. The van der Waals surface area contributed by atoms with E-state index in [0.29, 0.717) is 0 Å². The third-order valence-corrected chi connectivity index (χ3v) is 4.66. The third-order valence-electron chi connectivity index (χ3n) is 4.66. The highest BCUT2D eigenvalue weighted by molar-refractivity contribution is 5.88. The van der Waals surface area contributed by atoms with Crippen LogP contribution in [0, 0.1) is 0 Å². The molecule has 26 heavy (non-hydrogen) atoms. The number of ether oxygens (including phenoxy) is 1. The number of carbonyl (C=O) groups excluding carboxylic acids is 1. The van der Waals surface area contributed by atoms with Crippen LogP contribution in [-0.2, 0) is 14.3 Å². The van der Waals surface area contributed by atoms with Crippen LogP contribution < -0.4 is 0 Å². The number of carboxylic acid groups (broad SMARTS) is 1. The number of unbranched alkanes of at least 4 members (excludes halogenated alkanes) is 5. The average Bonchev–Trinajstić information content (AvgIpc) is 2.65. The molecule has 1 aromatic rings. The van der Waals surface area contributed by atoms with Gasteiger partial charge in [0.1, 0.15) is 0 Å². The molecule has 1 N–H and O–H groups in total. The summed E-state index contributed by atoms with van der Waals surface area (Å²) in [6.07, 6.45) is 11.9. The van der Waals surface area contributed by atoms with Gasteiger partial charge in [0.25, 0.3) is 0 Å². The Balaban J connectivity index is 1.89. The Hall–Kier alpha value is -2.36. The van der Waals surface area contributed by atoms with E-state index in [-0.39, 0.29) is 12.8 Å². The molecule has 0 saturated heterocycles. The maximum Gasteiger partial charge on any atom is 0.352 e. The van der Waals surface area contributed by atoms with Crippen molar-refractivity contribution < 1.29 is 19.4 Å². The van der Waals surface area contributed by atoms with Crippen LogP contribution in [0.1, 0.15) is 63.9 Å². The zero-order chi connectivity index (χ0) is 18.8. The van der Waals surface area contributed by atoms with E-state index in [1.165, 1.54) is 25.3 Å². The van der Waals surface area contributed by atoms with Gasteiger partial charge in [0, 0.05) is 12.8 Å². The van der Waals surface area contributed by atoms with Crippen LogP contribution in [0.5, 0.6) is 0 Å². The number of rotatable bonds is 10. The summed E-state index contributed by atoms with van der Waals surface area (Å²) in [4.78, 5) is 23.9. The summed E-state index contributed by atoms with van der Waals surface area (Å²) >= 11 is 0. The first-order chi connectivity index (χ1) is 12.6. The Kier molecular flexibility index (Phi) is 7.64. The van der Waals surface area contributed by atoms with Crippen LogP contribution in [-0.4, -0.2) is 22.6 Å². The summed E-state index contributed by atoms with van der Waals surface area (Å²) in [5.41, 5.74) is 0.369. The zero-order valence-corrected chi connectivity index (χ0v) is 15.4. The van der Waals surface area contributed by atoms with Crippen LogP contribution >= 0.6 is 0 Å². The Morgan fingerprint density at radius 3 is 2.38 bits per heavy atom. The van der Waals surface area contributed by atoms with Gasteiger partial charge in [0.05, 0.1) is 0 Å². The molecule has 0 spiro atoms. The number of hydrogen-bond acceptors (Lipinski definition) is 3. The van der Waals surface area contributed by atoms with Crippen molar-refractivity contribution in [1.82, 2.24) is 0 Å². The van der Waals surface area contributed by atoms with Gasteiger partial charge in [-0.3, -0.25) is 4.79 Å². The Morgan fingerprint density at radius 1 is 1.08 bits per heavy atom. The molecule has 4 nitrogen and oxygen atoms in total. The molecule has 0 bridgehead atoms. The largest absolute Gasteiger partial charge is 0.478 e. The smallest absolute Gasteiger partial charge is 0.352 e. The number of benzene rings is 1. The molecule has 1 unspecified atom stereocenters. The van der Waals surface area contributed by atoms with Crippen molar-refractivity contribution in [3.05, 3.63) is 54.1 Å². The quantitative estimate of drug-likeness (QED) is 0.465. The number of aliphatic carboxylic acids is 1. The van der Waals surface area contributed by atoms with Crippen molar-refractivity contribution in [2.24, 2.45) is 0 Å². The van der Waals surface area contributed by atoms with Gasteiger partial charge >= 0.3 is 11.9 Å². The summed E-state index contributed by atoms with van der Waals surface area (Å²) in [6.45, 7) is 2.16. The topological polar surface area (TPSA) is 63.6 Å². The number of carboxylic acids is 1. The van der Waals surface area contributed by atoms with Crippen LogP contribution in [0.25, 0.3) is 5.57 Å². The Morgan fingerprint density at radius 2 is 1.77 bits per heavy atom. The summed E-state index contributed by atoms with van der Waals surface area (Å²) < 4.78 is 5.38. The van der Waals surface area contributed by atoms with Crippen LogP contribution in [0.4, 0.5) is 0 Å². The van der Waals surface area contributed by atoms with Crippen molar-refractivity contribution in [3.8, 4) is 0 Å². The molecule has 4 heteroatoms. The minimum Gasteiger partial charge on any atom is -0.478 e. The predicted molar refractivity (Wildman–Crippen MR) is 103 cm³/mol. The molecular weight excluding hydrogens is 328 g/mol. The lowest BCUT2D eigenvalue weighted by Crippen LogP contribution is -2.42. The van der Waals surface area contributed by atoms with E-state index in [1.54, 1.807) is 6.08 Å². The highest BCUT2D eigenvalue weighted by atomic mass is 16.6. The molecule has 0 radical (unpaired) electrons. The van der Waals surface area contributed by atoms with Crippen LogP contribution in [0.3, 0.4) is 0 Å². The minimum atomic E-state index is -1.59. The highest BCUT2D eigenvalue weighted by Crippen LogP contribution is 2.30. The second-order valence-corrected chi connectivity index (χ2v) is 6.75. The maximum atomic E-state index is 12.1. The predicted octanol–water partition coefficient (Wildman–Crippen LogP) is 5.15. The molecule has 0 saturated carbocycles. The molecule has 0 amide bonds. The second-order valence-electron chi connectivity index (χ2n) is 6.75. The average molecular weight is 356 g/mol. The van der Waals surface area contributed by atoms with E-state index in [1.807, 2.05) is 36.4 Å². The van der Waals surface area contributed by atoms with Crippen LogP contribution in [0.15, 0.2) is 48.6 Å². The van der Waals surface area contributed by atoms with Gasteiger partial charge in [-0.05, 0) is 23.6 Å². The monoisotopic (exact) mass is 356 g/mol. The first kappa shape index (κ1) is 20.0. The van der Waals surface area contributed by atoms with E-state index >= 15 is 0 Å². The molecule has 0 aromatic heterocycles. The summed E-state index contributed by atoms with van der Waals surface area (Å²) in [6, 6.07) is 9.73. The van der Waals surface area contributed by atoms with Gasteiger partial charge < -0.3 is 9.84 Å². The molecule has 0 heterocycles. The molecule has 2 rings (SSSR count). The normalized spacial score (nSPS) is 19.0. The zero-order valence-electron chi connectivity index (χ0n) is 15.4. The lowest BCUT2D eigenvalue weighted by atomic mass is 9.89. The summed E-state index contributed by atoms with van der Waals surface area (Å²) in [7, 11) is 0. The Labute approximate surface area is 155 Å². The Bertz CT molecular complexity index is 660. The number of carbonyl (C=O) groups is 2. The minimum absolute atomic E-state index is 0.144. The summed E-state index contributed by atoms with van der Waals surface area (Å²) in [5.74, 6) is -1.57. The standard InChI is InChI=1S/C22H28O4/c1-2-3-4-5-6-10-13-20(23)26-22(21(24)25)16-14-19(15-17-22)18-11-8-7-9-12-18/h7-9,11-12,14-16H,2-6,10,13,17H2,1H3,(H,24,25). The first-order valence-corrected chi connectivity index (χ1v) is 9.47. The van der Waals surface area contributed by atoms with Crippen LogP contribution in [0.2, 0.25) is 0 Å².